The molecule has 0 aliphatic carbocycles. The molecule has 0 radical (unpaired) electrons. The van der Waals surface area contributed by atoms with E-state index in [2.05, 4.69) is 35.3 Å². The summed E-state index contributed by atoms with van der Waals surface area (Å²) in [6, 6.07) is 8.96. The van der Waals surface area contributed by atoms with Crippen molar-refractivity contribution in [1.82, 2.24) is 10.2 Å². The molecule has 3 rings (SSSR count). The Kier molecular flexibility index (Phi) is 3.27. The minimum absolute atomic E-state index is 0.491. The average Bonchev–Trinajstić information content (AvgIpc) is 2.98. The van der Waals surface area contributed by atoms with Gasteiger partial charge in [0, 0.05) is 19.1 Å². The Bertz CT molecular complexity index is 409. The normalized spacial score (nSPS) is 29.2. The lowest BCUT2D eigenvalue weighted by Gasteiger charge is -2.25. The second kappa shape index (κ2) is 4.90. The molecule has 2 aliphatic heterocycles. The zero-order chi connectivity index (χ0) is 12.5. The Balaban J connectivity index is 1.72. The first-order valence-electron chi connectivity index (χ1n) is 6.86. The summed E-state index contributed by atoms with van der Waals surface area (Å²) in [5.74, 6) is 2.68. The van der Waals surface area contributed by atoms with Crippen molar-refractivity contribution in [1.29, 1.82) is 0 Å². The highest BCUT2D eigenvalue weighted by Crippen LogP contribution is 2.33. The van der Waals surface area contributed by atoms with Crippen molar-refractivity contribution in [3.63, 3.8) is 0 Å². The summed E-state index contributed by atoms with van der Waals surface area (Å²) in [5.41, 5.74) is 1.36. The predicted molar refractivity (Wildman–Crippen MR) is 72.8 cm³/mol. The van der Waals surface area contributed by atoms with Gasteiger partial charge in [-0.25, -0.2) is 0 Å². The van der Waals surface area contributed by atoms with Gasteiger partial charge in [0.05, 0.1) is 7.11 Å². The standard InChI is InChI=1S/C15H22N2O/c1-11(12-4-3-5-15(6-12)18-2)17-9-13-7-16-8-14(13)10-17/h3-6,11,13-14,16H,7-10H2,1-2H3/t11?,13-,14+. The van der Waals surface area contributed by atoms with Crippen LogP contribution in [-0.4, -0.2) is 38.2 Å². The number of rotatable bonds is 3. The fourth-order valence-corrected chi connectivity index (χ4v) is 3.32. The van der Waals surface area contributed by atoms with Crippen LogP contribution in [0.5, 0.6) is 5.75 Å². The molecule has 2 heterocycles. The van der Waals surface area contributed by atoms with E-state index in [1.165, 1.54) is 31.7 Å². The van der Waals surface area contributed by atoms with Crippen LogP contribution in [0.4, 0.5) is 0 Å². The van der Waals surface area contributed by atoms with Crippen LogP contribution in [0.25, 0.3) is 0 Å². The van der Waals surface area contributed by atoms with Gasteiger partial charge >= 0.3 is 0 Å². The van der Waals surface area contributed by atoms with Crippen molar-refractivity contribution in [2.24, 2.45) is 11.8 Å². The number of fused-ring (bicyclic) bond motifs is 1. The molecule has 3 nitrogen and oxygen atoms in total. The lowest BCUT2D eigenvalue weighted by Crippen LogP contribution is -2.28. The zero-order valence-electron chi connectivity index (χ0n) is 11.2. The van der Waals surface area contributed by atoms with E-state index >= 15 is 0 Å². The van der Waals surface area contributed by atoms with Gasteiger partial charge in [-0.1, -0.05) is 12.1 Å². The van der Waals surface area contributed by atoms with Gasteiger partial charge in [0.1, 0.15) is 5.75 Å². The van der Waals surface area contributed by atoms with E-state index < -0.39 is 0 Å². The van der Waals surface area contributed by atoms with E-state index in [1.807, 2.05) is 6.07 Å². The maximum absolute atomic E-state index is 5.31. The fraction of sp³-hybridized carbons (Fsp3) is 0.600. The molecule has 0 amide bonds. The summed E-state index contributed by atoms with van der Waals surface area (Å²) in [6.07, 6.45) is 0. The number of benzene rings is 1. The number of nitrogens with one attached hydrogen (secondary N) is 1. The third-order valence-corrected chi connectivity index (χ3v) is 4.54. The van der Waals surface area contributed by atoms with Crippen molar-refractivity contribution in [2.75, 3.05) is 33.3 Å². The third-order valence-electron chi connectivity index (χ3n) is 4.54. The number of hydrogen-bond donors (Lipinski definition) is 1. The number of likely N-dealkylation sites (tertiary alicyclic amines) is 1. The van der Waals surface area contributed by atoms with Gasteiger partial charge in [0.15, 0.2) is 0 Å². The average molecular weight is 246 g/mol. The first kappa shape index (κ1) is 12.0. The second-order valence-electron chi connectivity index (χ2n) is 5.58. The van der Waals surface area contributed by atoms with Crippen LogP contribution in [0.2, 0.25) is 0 Å². The molecule has 3 heteroatoms. The van der Waals surface area contributed by atoms with E-state index in [-0.39, 0.29) is 0 Å². The van der Waals surface area contributed by atoms with Crippen LogP contribution >= 0.6 is 0 Å². The van der Waals surface area contributed by atoms with E-state index in [0.29, 0.717) is 6.04 Å². The van der Waals surface area contributed by atoms with E-state index in [9.17, 15) is 0 Å². The highest BCUT2D eigenvalue weighted by molar-refractivity contribution is 5.30. The molecule has 2 aliphatic rings. The molecular weight excluding hydrogens is 224 g/mol. The molecule has 1 aromatic carbocycles. The van der Waals surface area contributed by atoms with Crippen molar-refractivity contribution < 1.29 is 4.74 Å². The summed E-state index contributed by atoms with van der Waals surface area (Å²) < 4.78 is 5.31. The Morgan fingerprint density at radius 1 is 1.28 bits per heavy atom. The van der Waals surface area contributed by atoms with Crippen molar-refractivity contribution >= 4 is 0 Å². The SMILES string of the molecule is COc1cccc(C(C)N2C[C@H]3CNC[C@H]3C2)c1. The van der Waals surface area contributed by atoms with Crippen LogP contribution in [0.1, 0.15) is 18.5 Å². The van der Waals surface area contributed by atoms with E-state index in [0.717, 1.165) is 17.6 Å². The van der Waals surface area contributed by atoms with Gasteiger partial charge in [-0.05, 0) is 49.5 Å². The maximum atomic E-state index is 5.31. The second-order valence-corrected chi connectivity index (χ2v) is 5.58. The van der Waals surface area contributed by atoms with Crippen molar-refractivity contribution in [3.8, 4) is 5.75 Å². The molecule has 1 aromatic rings. The number of hydrogen-bond acceptors (Lipinski definition) is 3. The Hall–Kier alpha value is -1.06. The molecule has 1 N–H and O–H groups in total. The number of ether oxygens (including phenoxy) is 1. The molecule has 3 atom stereocenters. The van der Waals surface area contributed by atoms with Gasteiger partial charge in [-0.3, -0.25) is 4.90 Å². The molecule has 0 saturated carbocycles. The first-order chi connectivity index (χ1) is 8.78. The van der Waals surface area contributed by atoms with Gasteiger partial charge in [-0.15, -0.1) is 0 Å². The molecular formula is C15H22N2O. The molecule has 2 fully saturated rings. The maximum Gasteiger partial charge on any atom is 0.119 e. The van der Waals surface area contributed by atoms with E-state index in [1.54, 1.807) is 7.11 Å². The predicted octanol–water partition coefficient (Wildman–Crippen LogP) is 1.91. The van der Waals surface area contributed by atoms with Crippen LogP contribution in [0.15, 0.2) is 24.3 Å². The molecule has 0 bridgehead atoms. The van der Waals surface area contributed by atoms with Crippen LogP contribution in [-0.2, 0) is 0 Å². The lowest BCUT2D eigenvalue weighted by atomic mass is 10.0. The van der Waals surface area contributed by atoms with Crippen molar-refractivity contribution in [3.05, 3.63) is 29.8 Å². The molecule has 0 aromatic heterocycles. The van der Waals surface area contributed by atoms with Gasteiger partial charge in [0.2, 0.25) is 0 Å². The highest BCUT2D eigenvalue weighted by atomic mass is 16.5. The van der Waals surface area contributed by atoms with Gasteiger partial charge in [-0.2, -0.15) is 0 Å². The Morgan fingerprint density at radius 2 is 2.00 bits per heavy atom. The summed E-state index contributed by atoms with van der Waals surface area (Å²) in [5, 5.41) is 3.50. The molecule has 98 valence electrons. The summed E-state index contributed by atoms with van der Waals surface area (Å²) >= 11 is 0. The minimum Gasteiger partial charge on any atom is -0.497 e. The molecule has 0 spiro atoms. The van der Waals surface area contributed by atoms with E-state index in [4.69, 9.17) is 4.74 Å². The Labute approximate surface area is 109 Å². The zero-order valence-corrected chi connectivity index (χ0v) is 11.2. The topological polar surface area (TPSA) is 24.5 Å². The summed E-state index contributed by atoms with van der Waals surface area (Å²) in [4.78, 5) is 2.62. The smallest absolute Gasteiger partial charge is 0.119 e. The fourth-order valence-electron chi connectivity index (χ4n) is 3.32. The molecule has 2 saturated heterocycles. The Morgan fingerprint density at radius 3 is 2.67 bits per heavy atom. The lowest BCUT2D eigenvalue weighted by molar-refractivity contribution is 0.243. The highest BCUT2D eigenvalue weighted by Gasteiger charge is 2.37. The minimum atomic E-state index is 0.491. The van der Waals surface area contributed by atoms with Gasteiger partial charge < -0.3 is 10.1 Å². The molecule has 18 heavy (non-hydrogen) atoms. The quantitative estimate of drug-likeness (QED) is 0.881. The summed E-state index contributed by atoms with van der Waals surface area (Å²) in [6.45, 7) is 7.17. The van der Waals surface area contributed by atoms with Crippen LogP contribution in [0, 0.1) is 11.8 Å². The third kappa shape index (κ3) is 2.13. The first-order valence-corrected chi connectivity index (χ1v) is 6.86. The van der Waals surface area contributed by atoms with Crippen LogP contribution in [0.3, 0.4) is 0 Å². The van der Waals surface area contributed by atoms with Gasteiger partial charge in [0.25, 0.3) is 0 Å². The van der Waals surface area contributed by atoms with Crippen LogP contribution < -0.4 is 10.1 Å². The number of nitrogens with zero attached hydrogens (tertiary/aromatic N) is 1. The molecule has 1 unspecified atom stereocenters. The number of methoxy groups -OCH3 is 1. The summed E-state index contributed by atoms with van der Waals surface area (Å²) in [7, 11) is 1.73. The monoisotopic (exact) mass is 246 g/mol. The van der Waals surface area contributed by atoms with Crippen molar-refractivity contribution in [2.45, 2.75) is 13.0 Å². The largest absolute Gasteiger partial charge is 0.497 e.